The zero-order valence-corrected chi connectivity index (χ0v) is 10.3. The molecule has 0 aliphatic carbocycles. The summed E-state index contributed by atoms with van der Waals surface area (Å²) in [6.45, 7) is 2.55. The predicted molar refractivity (Wildman–Crippen MR) is 66.2 cm³/mol. The molecular weight excluding hydrogens is 232 g/mol. The maximum absolute atomic E-state index is 10.7. The average Bonchev–Trinajstić information content (AvgIpc) is 2.40. The molecule has 1 N–H and O–H groups in total. The SMILES string of the molecule is O=C(O)N1CCC(COCc2ccncc2)CC1. The van der Waals surface area contributed by atoms with Crippen LogP contribution in [0.1, 0.15) is 18.4 Å². The Balaban J connectivity index is 1.65. The van der Waals surface area contributed by atoms with Crippen LogP contribution in [0.3, 0.4) is 0 Å². The van der Waals surface area contributed by atoms with E-state index >= 15 is 0 Å². The fourth-order valence-electron chi connectivity index (χ4n) is 2.11. The lowest BCUT2D eigenvalue weighted by Crippen LogP contribution is -2.38. The number of hydrogen-bond acceptors (Lipinski definition) is 3. The number of carboxylic acid groups (broad SMARTS) is 1. The van der Waals surface area contributed by atoms with Gasteiger partial charge in [-0.15, -0.1) is 0 Å². The molecule has 1 aromatic rings. The summed E-state index contributed by atoms with van der Waals surface area (Å²) in [6, 6.07) is 3.88. The van der Waals surface area contributed by atoms with Crippen LogP contribution in [0.2, 0.25) is 0 Å². The molecule has 1 amide bonds. The Morgan fingerprint density at radius 1 is 1.39 bits per heavy atom. The number of hydrogen-bond donors (Lipinski definition) is 1. The van der Waals surface area contributed by atoms with Crippen LogP contribution in [0.15, 0.2) is 24.5 Å². The monoisotopic (exact) mass is 250 g/mol. The lowest BCUT2D eigenvalue weighted by molar-refractivity contribution is 0.0569. The minimum absolute atomic E-state index is 0.474. The number of pyridine rings is 1. The number of rotatable bonds is 4. The molecule has 5 nitrogen and oxygen atoms in total. The van der Waals surface area contributed by atoms with E-state index in [1.54, 1.807) is 12.4 Å². The first-order chi connectivity index (χ1) is 8.75. The van der Waals surface area contributed by atoms with Crippen LogP contribution in [0.4, 0.5) is 4.79 Å². The highest BCUT2D eigenvalue weighted by Crippen LogP contribution is 2.17. The average molecular weight is 250 g/mol. The van der Waals surface area contributed by atoms with Crippen LogP contribution >= 0.6 is 0 Å². The molecule has 2 rings (SSSR count). The van der Waals surface area contributed by atoms with Gasteiger partial charge >= 0.3 is 6.09 Å². The van der Waals surface area contributed by atoms with Gasteiger partial charge in [-0.2, -0.15) is 0 Å². The molecule has 98 valence electrons. The van der Waals surface area contributed by atoms with Gasteiger partial charge in [-0.3, -0.25) is 4.98 Å². The minimum Gasteiger partial charge on any atom is -0.465 e. The smallest absolute Gasteiger partial charge is 0.407 e. The predicted octanol–water partition coefficient (Wildman–Crippen LogP) is 1.99. The van der Waals surface area contributed by atoms with Crippen molar-refractivity contribution in [2.24, 2.45) is 5.92 Å². The van der Waals surface area contributed by atoms with E-state index in [9.17, 15) is 4.79 Å². The summed E-state index contributed by atoms with van der Waals surface area (Å²) in [5, 5.41) is 8.84. The van der Waals surface area contributed by atoms with Gasteiger partial charge in [-0.05, 0) is 36.5 Å². The van der Waals surface area contributed by atoms with E-state index in [1.807, 2.05) is 12.1 Å². The van der Waals surface area contributed by atoms with E-state index in [0.29, 0.717) is 32.2 Å². The van der Waals surface area contributed by atoms with Crippen molar-refractivity contribution in [2.45, 2.75) is 19.4 Å². The third kappa shape index (κ3) is 3.70. The van der Waals surface area contributed by atoms with Gasteiger partial charge in [0.15, 0.2) is 0 Å². The summed E-state index contributed by atoms with van der Waals surface area (Å²) >= 11 is 0. The second-order valence-electron chi connectivity index (χ2n) is 4.58. The van der Waals surface area contributed by atoms with E-state index in [1.165, 1.54) is 4.90 Å². The fraction of sp³-hybridized carbons (Fsp3) is 0.538. The largest absolute Gasteiger partial charge is 0.465 e. The summed E-state index contributed by atoms with van der Waals surface area (Å²) in [4.78, 5) is 16.2. The molecule has 0 spiro atoms. The van der Waals surface area contributed by atoms with Gasteiger partial charge in [0, 0.05) is 32.1 Å². The number of piperidine rings is 1. The molecule has 0 saturated carbocycles. The number of ether oxygens (including phenoxy) is 1. The highest BCUT2D eigenvalue weighted by atomic mass is 16.5. The quantitative estimate of drug-likeness (QED) is 0.887. The van der Waals surface area contributed by atoms with E-state index < -0.39 is 6.09 Å². The number of likely N-dealkylation sites (tertiary alicyclic amines) is 1. The second kappa shape index (κ2) is 6.35. The van der Waals surface area contributed by atoms with Crippen LogP contribution in [0, 0.1) is 5.92 Å². The van der Waals surface area contributed by atoms with Gasteiger partial charge in [0.2, 0.25) is 0 Å². The van der Waals surface area contributed by atoms with Gasteiger partial charge in [-0.1, -0.05) is 0 Å². The Morgan fingerprint density at radius 2 is 2.06 bits per heavy atom. The topological polar surface area (TPSA) is 62.7 Å². The van der Waals surface area contributed by atoms with Gasteiger partial charge in [-0.25, -0.2) is 4.79 Å². The fourth-order valence-corrected chi connectivity index (χ4v) is 2.11. The highest BCUT2D eigenvalue weighted by molar-refractivity contribution is 5.64. The van der Waals surface area contributed by atoms with E-state index in [0.717, 1.165) is 18.4 Å². The Bertz CT molecular complexity index is 375. The van der Waals surface area contributed by atoms with Crippen LogP contribution in [0.25, 0.3) is 0 Å². The van der Waals surface area contributed by atoms with E-state index in [4.69, 9.17) is 9.84 Å². The van der Waals surface area contributed by atoms with Gasteiger partial charge in [0.1, 0.15) is 0 Å². The standard InChI is InChI=1S/C13H18N2O3/c16-13(17)15-7-3-12(4-8-15)10-18-9-11-1-5-14-6-2-11/h1-2,5-6,12H,3-4,7-10H2,(H,16,17). The summed E-state index contributed by atoms with van der Waals surface area (Å²) in [5.74, 6) is 0.474. The maximum atomic E-state index is 10.7. The molecule has 1 fully saturated rings. The summed E-state index contributed by atoms with van der Waals surface area (Å²) in [7, 11) is 0. The van der Waals surface area contributed by atoms with E-state index in [-0.39, 0.29) is 0 Å². The molecular formula is C13H18N2O3. The first-order valence-electron chi connectivity index (χ1n) is 6.20. The normalized spacial score (nSPS) is 16.8. The van der Waals surface area contributed by atoms with Crippen molar-refractivity contribution in [2.75, 3.05) is 19.7 Å². The second-order valence-corrected chi connectivity index (χ2v) is 4.58. The Morgan fingerprint density at radius 3 is 2.67 bits per heavy atom. The van der Waals surface area contributed by atoms with Gasteiger partial charge in [0.05, 0.1) is 6.61 Å². The third-order valence-electron chi connectivity index (χ3n) is 3.26. The zero-order valence-electron chi connectivity index (χ0n) is 10.3. The summed E-state index contributed by atoms with van der Waals surface area (Å²) < 4.78 is 5.66. The summed E-state index contributed by atoms with van der Waals surface area (Å²) in [6.07, 6.45) is 4.48. The van der Waals surface area contributed by atoms with Crippen LogP contribution < -0.4 is 0 Å². The lowest BCUT2D eigenvalue weighted by atomic mass is 9.98. The molecule has 1 aliphatic heterocycles. The summed E-state index contributed by atoms with van der Waals surface area (Å²) in [5.41, 5.74) is 1.12. The molecule has 18 heavy (non-hydrogen) atoms. The van der Waals surface area contributed by atoms with Gasteiger partial charge in [0.25, 0.3) is 0 Å². The number of carbonyl (C=O) groups is 1. The number of aromatic nitrogens is 1. The molecule has 0 atom stereocenters. The molecule has 1 aromatic heterocycles. The molecule has 5 heteroatoms. The molecule has 0 bridgehead atoms. The van der Waals surface area contributed by atoms with Crippen molar-refractivity contribution in [1.82, 2.24) is 9.88 Å². The Hall–Kier alpha value is -1.62. The van der Waals surface area contributed by atoms with Crippen molar-refractivity contribution in [3.05, 3.63) is 30.1 Å². The molecule has 1 aliphatic rings. The van der Waals surface area contributed by atoms with Crippen molar-refractivity contribution >= 4 is 6.09 Å². The van der Waals surface area contributed by atoms with Gasteiger partial charge < -0.3 is 14.7 Å². The molecule has 1 saturated heterocycles. The molecule has 0 unspecified atom stereocenters. The van der Waals surface area contributed by atoms with Crippen molar-refractivity contribution in [3.8, 4) is 0 Å². The maximum Gasteiger partial charge on any atom is 0.407 e. The van der Waals surface area contributed by atoms with Crippen molar-refractivity contribution < 1.29 is 14.6 Å². The van der Waals surface area contributed by atoms with Crippen LogP contribution in [-0.2, 0) is 11.3 Å². The molecule has 0 radical (unpaired) electrons. The Kier molecular flexibility index (Phi) is 4.52. The molecule has 0 aromatic carbocycles. The number of amides is 1. The zero-order chi connectivity index (χ0) is 12.8. The third-order valence-corrected chi connectivity index (χ3v) is 3.26. The number of nitrogens with zero attached hydrogens (tertiary/aromatic N) is 2. The first kappa shape index (κ1) is 12.8. The highest BCUT2D eigenvalue weighted by Gasteiger charge is 2.22. The van der Waals surface area contributed by atoms with Crippen LogP contribution in [-0.4, -0.2) is 40.8 Å². The van der Waals surface area contributed by atoms with Crippen molar-refractivity contribution in [3.63, 3.8) is 0 Å². The van der Waals surface area contributed by atoms with E-state index in [2.05, 4.69) is 4.98 Å². The van der Waals surface area contributed by atoms with Crippen molar-refractivity contribution in [1.29, 1.82) is 0 Å². The minimum atomic E-state index is -0.814. The van der Waals surface area contributed by atoms with Crippen LogP contribution in [0.5, 0.6) is 0 Å². The lowest BCUT2D eigenvalue weighted by Gasteiger charge is -2.29. The Labute approximate surface area is 106 Å². The first-order valence-corrected chi connectivity index (χ1v) is 6.20. The molecule has 2 heterocycles.